The Morgan fingerprint density at radius 3 is 2.79 bits per heavy atom. The number of nitrogens with one attached hydrogen (secondary N) is 1. The van der Waals surface area contributed by atoms with Crippen LogP contribution in [0, 0.1) is 0 Å². The van der Waals surface area contributed by atoms with Crippen molar-refractivity contribution in [1.29, 1.82) is 0 Å². The van der Waals surface area contributed by atoms with Crippen molar-refractivity contribution in [3.63, 3.8) is 0 Å². The fourth-order valence-electron chi connectivity index (χ4n) is 1.20. The minimum atomic E-state index is -0.954. The molecule has 1 aromatic rings. The minimum absolute atomic E-state index is 0.0943. The molecule has 1 aromatic heterocycles. The summed E-state index contributed by atoms with van der Waals surface area (Å²) >= 11 is 5.88. The van der Waals surface area contributed by atoms with Gasteiger partial charge in [0.25, 0.3) is 5.56 Å². The summed E-state index contributed by atoms with van der Waals surface area (Å²) < 4.78 is 5.35. The molecule has 0 radical (unpaired) electrons. The van der Waals surface area contributed by atoms with Gasteiger partial charge in [0.1, 0.15) is 11.6 Å². The van der Waals surface area contributed by atoms with Crippen LogP contribution in [0.2, 0.25) is 5.02 Å². The molecule has 19 heavy (non-hydrogen) atoms. The Balaban J connectivity index is 2.92. The van der Waals surface area contributed by atoms with E-state index in [1.807, 2.05) is 0 Å². The van der Waals surface area contributed by atoms with Gasteiger partial charge in [0.15, 0.2) is 0 Å². The van der Waals surface area contributed by atoms with Gasteiger partial charge in [-0.15, -0.1) is 0 Å². The number of esters is 1. The molecule has 7 nitrogen and oxygen atoms in total. The number of rotatable bonds is 5. The predicted octanol–water partition coefficient (Wildman–Crippen LogP) is 0.253. The fourth-order valence-corrected chi connectivity index (χ4v) is 1.41. The average Bonchev–Trinajstić information content (AvgIpc) is 2.32. The number of anilines is 1. The highest BCUT2D eigenvalue weighted by Crippen LogP contribution is 2.16. The first kappa shape index (κ1) is 15.5. The van der Waals surface area contributed by atoms with Gasteiger partial charge in [0.05, 0.1) is 24.6 Å². The van der Waals surface area contributed by atoms with E-state index in [4.69, 9.17) is 11.6 Å². The number of hydrogen-bond acceptors (Lipinski definition) is 6. The minimum Gasteiger partial charge on any atom is -0.468 e. The van der Waals surface area contributed by atoms with E-state index in [1.165, 1.54) is 13.3 Å². The zero-order valence-electron chi connectivity index (χ0n) is 10.9. The lowest BCUT2D eigenvalue weighted by Gasteiger charge is -2.18. The van der Waals surface area contributed by atoms with E-state index in [-0.39, 0.29) is 18.1 Å². The summed E-state index contributed by atoms with van der Waals surface area (Å²) in [6, 6.07) is 0. The summed E-state index contributed by atoms with van der Waals surface area (Å²) in [5.41, 5.74) is -1.26. The number of ether oxygens (including phenoxy) is 1. The Kier molecular flexibility index (Phi) is 4.90. The highest BCUT2D eigenvalue weighted by molar-refractivity contribution is 6.32. The van der Waals surface area contributed by atoms with E-state index in [0.29, 0.717) is 5.69 Å². The predicted molar refractivity (Wildman–Crippen MR) is 70.3 cm³/mol. The van der Waals surface area contributed by atoms with Crippen LogP contribution in [0.5, 0.6) is 0 Å². The van der Waals surface area contributed by atoms with Gasteiger partial charge in [0, 0.05) is 6.54 Å². The number of halogens is 1. The molecular formula is C11H16ClN3O4. The van der Waals surface area contributed by atoms with Crippen molar-refractivity contribution in [3.05, 3.63) is 21.6 Å². The van der Waals surface area contributed by atoms with Crippen LogP contribution >= 0.6 is 11.6 Å². The molecule has 0 amide bonds. The van der Waals surface area contributed by atoms with Crippen LogP contribution in [0.4, 0.5) is 5.69 Å². The zero-order valence-corrected chi connectivity index (χ0v) is 11.7. The molecule has 1 rings (SSSR count). The zero-order chi connectivity index (χ0) is 14.6. The molecule has 0 saturated heterocycles. The Morgan fingerprint density at radius 1 is 1.63 bits per heavy atom. The maximum atomic E-state index is 11.8. The van der Waals surface area contributed by atoms with Gasteiger partial charge in [-0.2, -0.15) is 5.10 Å². The molecule has 0 aromatic carbocycles. The molecule has 0 aliphatic heterocycles. The summed E-state index contributed by atoms with van der Waals surface area (Å²) in [5, 5.41) is 16.1. The number of hydrogen-bond donors (Lipinski definition) is 2. The van der Waals surface area contributed by atoms with Gasteiger partial charge in [-0.25, -0.2) is 4.68 Å². The average molecular weight is 290 g/mol. The van der Waals surface area contributed by atoms with E-state index in [1.54, 1.807) is 13.8 Å². The Hall–Kier alpha value is -1.60. The molecule has 0 aliphatic carbocycles. The summed E-state index contributed by atoms with van der Waals surface area (Å²) in [6.45, 7) is 3.12. The van der Waals surface area contributed by atoms with E-state index in [0.717, 1.165) is 4.68 Å². The molecule has 0 unspecified atom stereocenters. The quantitative estimate of drug-likeness (QED) is 0.755. The van der Waals surface area contributed by atoms with E-state index in [2.05, 4.69) is 15.2 Å². The third-order valence-electron chi connectivity index (χ3n) is 2.20. The van der Waals surface area contributed by atoms with Crippen molar-refractivity contribution in [1.82, 2.24) is 9.78 Å². The highest BCUT2D eigenvalue weighted by atomic mass is 35.5. The first-order chi connectivity index (χ1) is 8.74. The third-order valence-corrected chi connectivity index (χ3v) is 2.57. The number of carbonyl (C=O) groups is 1. The van der Waals surface area contributed by atoms with E-state index in [9.17, 15) is 14.7 Å². The number of nitrogens with zero attached hydrogens (tertiary/aromatic N) is 2. The van der Waals surface area contributed by atoms with Crippen molar-refractivity contribution in [2.24, 2.45) is 0 Å². The Labute approximate surface area is 115 Å². The number of aromatic nitrogens is 2. The summed E-state index contributed by atoms with van der Waals surface area (Å²) in [7, 11) is 1.22. The second kappa shape index (κ2) is 6.03. The van der Waals surface area contributed by atoms with Crippen molar-refractivity contribution in [2.45, 2.75) is 26.0 Å². The van der Waals surface area contributed by atoms with Crippen LogP contribution in [0.15, 0.2) is 11.0 Å². The molecule has 0 saturated carbocycles. The number of methoxy groups -OCH3 is 1. The maximum Gasteiger partial charge on any atom is 0.327 e. The molecule has 1 heterocycles. The second-order valence-corrected chi connectivity index (χ2v) is 4.96. The topological polar surface area (TPSA) is 93.5 Å². The first-order valence-corrected chi connectivity index (χ1v) is 5.91. The molecule has 0 aliphatic rings. The lowest BCUT2D eigenvalue weighted by atomic mass is 10.1. The molecule has 8 heteroatoms. The molecule has 2 N–H and O–H groups in total. The lowest BCUT2D eigenvalue weighted by Crippen LogP contribution is -2.32. The molecule has 0 atom stereocenters. The largest absolute Gasteiger partial charge is 0.468 e. The highest BCUT2D eigenvalue weighted by Gasteiger charge is 2.15. The third kappa shape index (κ3) is 4.53. The standard InChI is InChI=1S/C11H16ClN3O4/c1-11(2,18)6-13-7-4-14-15(5-8(16)19-3)10(17)9(7)12/h4,13,18H,5-6H2,1-3H3. The molecule has 0 spiro atoms. The number of aliphatic hydroxyl groups is 1. The Morgan fingerprint density at radius 2 is 2.26 bits per heavy atom. The van der Waals surface area contributed by atoms with Gasteiger partial charge in [-0.3, -0.25) is 9.59 Å². The Bertz CT molecular complexity index is 522. The molecule has 106 valence electrons. The van der Waals surface area contributed by atoms with Gasteiger partial charge in [-0.05, 0) is 13.8 Å². The van der Waals surface area contributed by atoms with Gasteiger partial charge in [0.2, 0.25) is 0 Å². The van der Waals surface area contributed by atoms with Gasteiger partial charge in [-0.1, -0.05) is 11.6 Å². The van der Waals surface area contributed by atoms with E-state index < -0.39 is 17.1 Å². The first-order valence-electron chi connectivity index (χ1n) is 5.53. The van der Waals surface area contributed by atoms with Crippen LogP contribution in [0.1, 0.15) is 13.8 Å². The second-order valence-electron chi connectivity index (χ2n) is 4.58. The van der Waals surface area contributed by atoms with Crippen molar-refractivity contribution < 1.29 is 14.6 Å². The normalized spacial score (nSPS) is 11.2. The maximum absolute atomic E-state index is 11.8. The SMILES string of the molecule is COC(=O)Cn1ncc(NCC(C)(C)O)c(Cl)c1=O. The van der Waals surface area contributed by atoms with Crippen molar-refractivity contribution in [2.75, 3.05) is 19.0 Å². The molecule has 0 fully saturated rings. The van der Waals surface area contributed by atoms with E-state index >= 15 is 0 Å². The van der Waals surface area contributed by atoms with Crippen LogP contribution in [-0.4, -0.2) is 40.1 Å². The van der Waals surface area contributed by atoms with Crippen LogP contribution in [0.3, 0.4) is 0 Å². The molecule has 0 bridgehead atoms. The monoisotopic (exact) mass is 289 g/mol. The molecular weight excluding hydrogens is 274 g/mol. The summed E-state index contributed by atoms with van der Waals surface area (Å²) in [6.07, 6.45) is 1.32. The van der Waals surface area contributed by atoms with Gasteiger partial charge >= 0.3 is 5.97 Å². The van der Waals surface area contributed by atoms with Crippen LogP contribution < -0.4 is 10.9 Å². The lowest BCUT2D eigenvalue weighted by molar-refractivity contribution is -0.141. The van der Waals surface area contributed by atoms with Crippen LogP contribution in [0.25, 0.3) is 0 Å². The number of carbonyl (C=O) groups excluding carboxylic acids is 1. The fraction of sp³-hybridized carbons (Fsp3) is 0.545. The summed E-state index contributed by atoms with van der Waals surface area (Å²) in [4.78, 5) is 22.9. The smallest absolute Gasteiger partial charge is 0.327 e. The van der Waals surface area contributed by atoms with Gasteiger partial charge < -0.3 is 15.2 Å². The van der Waals surface area contributed by atoms with Crippen molar-refractivity contribution >= 4 is 23.3 Å². The summed E-state index contributed by atoms with van der Waals surface area (Å²) in [5.74, 6) is -0.595. The van der Waals surface area contributed by atoms with Crippen LogP contribution in [-0.2, 0) is 16.1 Å². The van der Waals surface area contributed by atoms with Crippen molar-refractivity contribution in [3.8, 4) is 0 Å².